The molecule has 18 heavy (non-hydrogen) atoms. The highest BCUT2D eigenvalue weighted by Gasteiger charge is 2.15. The number of rotatable bonds is 7. The van der Waals surface area contributed by atoms with Crippen LogP contribution < -0.4 is 5.32 Å². The summed E-state index contributed by atoms with van der Waals surface area (Å²) in [6.07, 6.45) is 0.858. The first-order valence-corrected chi connectivity index (χ1v) is 6.48. The maximum Gasteiger partial charge on any atom is 0.355 e. The minimum Gasteiger partial charge on any atom is -0.476 e. The number of thiazole rings is 1. The highest BCUT2D eigenvalue weighted by atomic mass is 32.1. The molecule has 100 valence electrons. The van der Waals surface area contributed by atoms with E-state index < -0.39 is 5.97 Å². The summed E-state index contributed by atoms with van der Waals surface area (Å²) >= 11 is 1.21. The fraction of sp³-hybridized carbons (Fsp3) is 0.545. The molecule has 1 atom stereocenters. The monoisotopic (exact) mass is 272 g/mol. The van der Waals surface area contributed by atoms with Gasteiger partial charge in [-0.25, -0.2) is 9.78 Å². The van der Waals surface area contributed by atoms with Crippen LogP contribution in [0.5, 0.6) is 0 Å². The van der Waals surface area contributed by atoms with Crippen molar-refractivity contribution in [2.24, 2.45) is 0 Å². The van der Waals surface area contributed by atoms with E-state index >= 15 is 0 Å². The quantitative estimate of drug-likeness (QED) is 0.733. The van der Waals surface area contributed by atoms with Gasteiger partial charge in [0.2, 0.25) is 5.91 Å². The minimum absolute atomic E-state index is 0.00154. The van der Waals surface area contributed by atoms with Crippen LogP contribution in [0, 0.1) is 0 Å². The van der Waals surface area contributed by atoms with Crippen molar-refractivity contribution in [2.75, 3.05) is 13.2 Å². The van der Waals surface area contributed by atoms with Crippen LogP contribution in [0.4, 0.5) is 0 Å². The van der Waals surface area contributed by atoms with Gasteiger partial charge in [-0.15, -0.1) is 11.3 Å². The molecule has 1 aromatic rings. The summed E-state index contributed by atoms with van der Waals surface area (Å²) < 4.78 is 5.10. The zero-order valence-electron chi connectivity index (χ0n) is 10.3. The number of aromatic carboxylic acids is 1. The molecular formula is C11H16N2O4S. The Labute approximate surface area is 109 Å². The van der Waals surface area contributed by atoms with Crippen LogP contribution in [0.3, 0.4) is 0 Å². The first-order chi connectivity index (χ1) is 8.54. The molecule has 0 aromatic carbocycles. The molecule has 1 rings (SSSR count). The molecule has 0 bridgehead atoms. The molecule has 0 saturated heterocycles. The summed E-state index contributed by atoms with van der Waals surface area (Å²) in [5, 5.41) is 13.5. The number of carboxylic acids is 1. The fourth-order valence-electron chi connectivity index (χ4n) is 1.24. The second-order valence-corrected chi connectivity index (χ2v) is 4.61. The van der Waals surface area contributed by atoms with Gasteiger partial charge in [-0.2, -0.15) is 0 Å². The lowest BCUT2D eigenvalue weighted by Crippen LogP contribution is -2.30. The Morgan fingerprint density at radius 2 is 2.33 bits per heavy atom. The first kappa shape index (κ1) is 14.6. The number of amides is 1. The number of hydrogen-bond acceptors (Lipinski definition) is 5. The van der Waals surface area contributed by atoms with Crippen molar-refractivity contribution in [3.05, 3.63) is 16.1 Å². The molecule has 0 aliphatic rings. The molecule has 0 radical (unpaired) electrons. The Morgan fingerprint density at radius 1 is 1.61 bits per heavy atom. The average Bonchev–Trinajstić information content (AvgIpc) is 2.78. The second kappa shape index (κ2) is 7.07. The van der Waals surface area contributed by atoms with E-state index in [4.69, 9.17) is 9.84 Å². The Kier molecular flexibility index (Phi) is 5.73. The van der Waals surface area contributed by atoms with Crippen LogP contribution >= 0.6 is 11.3 Å². The Balaban J connectivity index is 2.46. The SMILES string of the molecule is CCCOCC(=O)NC(C)c1nc(C(=O)O)cs1. The van der Waals surface area contributed by atoms with E-state index in [1.165, 1.54) is 16.7 Å². The molecule has 1 aromatic heterocycles. The van der Waals surface area contributed by atoms with Crippen molar-refractivity contribution in [3.63, 3.8) is 0 Å². The zero-order chi connectivity index (χ0) is 13.5. The summed E-state index contributed by atoms with van der Waals surface area (Å²) in [5.41, 5.74) is -0.00154. The number of carbonyl (C=O) groups is 2. The Hall–Kier alpha value is -1.47. The van der Waals surface area contributed by atoms with Gasteiger partial charge >= 0.3 is 5.97 Å². The lowest BCUT2D eigenvalue weighted by Gasteiger charge is -2.11. The molecular weight excluding hydrogens is 256 g/mol. The lowest BCUT2D eigenvalue weighted by atomic mass is 10.3. The second-order valence-electron chi connectivity index (χ2n) is 3.72. The van der Waals surface area contributed by atoms with Crippen LogP contribution in [0.2, 0.25) is 0 Å². The Bertz CT molecular complexity index is 419. The highest BCUT2D eigenvalue weighted by molar-refractivity contribution is 7.09. The normalized spacial score (nSPS) is 12.1. The van der Waals surface area contributed by atoms with Gasteiger partial charge in [0.1, 0.15) is 11.6 Å². The van der Waals surface area contributed by atoms with E-state index in [0.29, 0.717) is 11.6 Å². The summed E-state index contributed by atoms with van der Waals surface area (Å²) in [6.45, 7) is 4.27. The first-order valence-electron chi connectivity index (χ1n) is 5.60. The van der Waals surface area contributed by atoms with Gasteiger partial charge in [-0.05, 0) is 13.3 Å². The van der Waals surface area contributed by atoms with Crippen molar-refractivity contribution >= 4 is 23.2 Å². The molecule has 0 saturated carbocycles. The molecule has 0 spiro atoms. The van der Waals surface area contributed by atoms with Gasteiger partial charge in [0.25, 0.3) is 0 Å². The number of aromatic nitrogens is 1. The number of hydrogen-bond donors (Lipinski definition) is 2. The number of carboxylic acid groups (broad SMARTS) is 1. The standard InChI is InChI=1S/C11H16N2O4S/c1-3-4-17-5-9(14)12-7(2)10-13-8(6-18-10)11(15)16/h6-7H,3-5H2,1-2H3,(H,12,14)(H,15,16). The molecule has 0 fully saturated rings. The van der Waals surface area contributed by atoms with E-state index in [1.54, 1.807) is 6.92 Å². The molecule has 1 unspecified atom stereocenters. The number of ether oxygens (including phenoxy) is 1. The van der Waals surface area contributed by atoms with Gasteiger partial charge in [0.15, 0.2) is 5.69 Å². The number of carbonyl (C=O) groups excluding carboxylic acids is 1. The van der Waals surface area contributed by atoms with Crippen LogP contribution in [0.25, 0.3) is 0 Å². The molecule has 0 aliphatic heterocycles. The molecule has 7 heteroatoms. The summed E-state index contributed by atoms with van der Waals surface area (Å²) in [5.74, 6) is -1.30. The van der Waals surface area contributed by atoms with Gasteiger partial charge in [0.05, 0.1) is 6.04 Å². The summed E-state index contributed by atoms with van der Waals surface area (Å²) in [4.78, 5) is 26.1. The minimum atomic E-state index is -1.07. The summed E-state index contributed by atoms with van der Waals surface area (Å²) in [6, 6.07) is -0.319. The van der Waals surface area contributed by atoms with Crippen LogP contribution in [0.15, 0.2) is 5.38 Å². The highest BCUT2D eigenvalue weighted by Crippen LogP contribution is 2.17. The van der Waals surface area contributed by atoms with Crippen molar-refractivity contribution in [1.29, 1.82) is 0 Å². The van der Waals surface area contributed by atoms with Crippen molar-refractivity contribution in [2.45, 2.75) is 26.3 Å². The fourth-order valence-corrected chi connectivity index (χ4v) is 2.04. The van der Waals surface area contributed by atoms with Gasteiger partial charge < -0.3 is 15.2 Å². The van der Waals surface area contributed by atoms with E-state index in [1.807, 2.05) is 6.92 Å². The molecule has 2 N–H and O–H groups in total. The average molecular weight is 272 g/mol. The molecule has 1 amide bonds. The van der Waals surface area contributed by atoms with Crippen molar-refractivity contribution < 1.29 is 19.4 Å². The third kappa shape index (κ3) is 4.42. The maximum atomic E-state index is 11.5. The van der Waals surface area contributed by atoms with E-state index in [9.17, 15) is 9.59 Å². The zero-order valence-corrected chi connectivity index (χ0v) is 11.1. The predicted molar refractivity (Wildman–Crippen MR) is 66.7 cm³/mol. The third-order valence-electron chi connectivity index (χ3n) is 2.07. The van der Waals surface area contributed by atoms with Gasteiger partial charge in [0, 0.05) is 12.0 Å². The van der Waals surface area contributed by atoms with E-state index in [-0.39, 0.29) is 24.2 Å². The molecule has 6 nitrogen and oxygen atoms in total. The van der Waals surface area contributed by atoms with E-state index in [2.05, 4.69) is 10.3 Å². The van der Waals surface area contributed by atoms with Gasteiger partial charge in [-0.3, -0.25) is 4.79 Å². The van der Waals surface area contributed by atoms with Crippen molar-refractivity contribution in [1.82, 2.24) is 10.3 Å². The van der Waals surface area contributed by atoms with Crippen LogP contribution in [-0.4, -0.2) is 35.2 Å². The van der Waals surface area contributed by atoms with Crippen LogP contribution in [-0.2, 0) is 9.53 Å². The van der Waals surface area contributed by atoms with Crippen molar-refractivity contribution in [3.8, 4) is 0 Å². The van der Waals surface area contributed by atoms with E-state index in [0.717, 1.165) is 6.42 Å². The molecule has 1 heterocycles. The third-order valence-corrected chi connectivity index (χ3v) is 3.10. The van der Waals surface area contributed by atoms with Crippen LogP contribution in [0.1, 0.15) is 41.8 Å². The predicted octanol–water partition coefficient (Wildman–Crippen LogP) is 1.45. The molecule has 0 aliphatic carbocycles. The maximum absolute atomic E-state index is 11.5. The summed E-state index contributed by atoms with van der Waals surface area (Å²) in [7, 11) is 0. The number of nitrogens with one attached hydrogen (secondary N) is 1. The number of nitrogens with zero attached hydrogens (tertiary/aromatic N) is 1. The Morgan fingerprint density at radius 3 is 2.89 bits per heavy atom. The topological polar surface area (TPSA) is 88.5 Å². The lowest BCUT2D eigenvalue weighted by molar-refractivity contribution is -0.126. The largest absolute Gasteiger partial charge is 0.476 e. The van der Waals surface area contributed by atoms with Gasteiger partial charge in [-0.1, -0.05) is 6.92 Å². The smallest absolute Gasteiger partial charge is 0.355 e.